The van der Waals surface area contributed by atoms with E-state index in [-0.39, 0.29) is 43.5 Å². The summed E-state index contributed by atoms with van der Waals surface area (Å²) >= 11 is 0. The molecule has 0 aliphatic heterocycles. The molecule has 0 unspecified atom stereocenters. The Hall–Kier alpha value is -3.01. The minimum Gasteiger partial charge on any atom is -0.512 e. The van der Waals surface area contributed by atoms with E-state index in [0.29, 0.717) is 11.8 Å². The Bertz CT molecular complexity index is 1530. The monoisotopic (exact) mass is 787 g/mol. The van der Waals surface area contributed by atoms with Crippen LogP contribution >= 0.6 is 0 Å². The van der Waals surface area contributed by atoms with Gasteiger partial charge in [-0.05, 0) is 60.4 Å². The van der Waals surface area contributed by atoms with Crippen LogP contribution in [0.15, 0.2) is 64.9 Å². The molecule has 4 aromatic rings. The number of fused-ring (bicyclic) bond motifs is 1. The van der Waals surface area contributed by atoms with Gasteiger partial charge in [0.2, 0.25) is 0 Å². The predicted molar refractivity (Wildman–Crippen MR) is 185 cm³/mol. The van der Waals surface area contributed by atoms with Gasteiger partial charge in [0.1, 0.15) is 5.76 Å². The minimum absolute atomic E-state index is 0. The van der Waals surface area contributed by atoms with Crippen LogP contribution in [0.1, 0.15) is 115 Å². The number of rotatable bonds is 11. The first-order valence-corrected chi connectivity index (χ1v) is 16.4. The van der Waals surface area contributed by atoms with Crippen LogP contribution in [0, 0.1) is 31.7 Å². The molecule has 0 spiro atoms. The van der Waals surface area contributed by atoms with Crippen molar-refractivity contribution < 1.29 is 34.4 Å². The van der Waals surface area contributed by atoms with E-state index in [1.165, 1.54) is 28.3 Å². The largest absolute Gasteiger partial charge is 0.512 e. The third-order valence-electron chi connectivity index (χ3n) is 8.53. The quantitative estimate of drug-likeness (QED) is 0.0934. The number of pyridine rings is 1. The topological polar surface area (TPSA) is 63.3 Å². The van der Waals surface area contributed by atoms with Crippen molar-refractivity contribution in [1.29, 1.82) is 0 Å². The molecule has 1 radical (unpaired) electrons. The van der Waals surface area contributed by atoms with Gasteiger partial charge in [-0.3, -0.25) is 4.79 Å². The molecule has 0 amide bonds. The number of aromatic nitrogens is 1. The molecule has 1 N–H and O–H groups in total. The molecule has 5 heteroatoms. The Morgan fingerprint density at radius 1 is 0.889 bits per heavy atom. The number of nitrogens with zero attached hydrogens (tertiary/aromatic N) is 1. The van der Waals surface area contributed by atoms with Crippen LogP contribution in [0.5, 0.6) is 0 Å². The number of aryl methyl sites for hydroxylation is 2. The van der Waals surface area contributed by atoms with Gasteiger partial charge in [-0.25, -0.2) is 0 Å². The molecule has 0 saturated heterocycles. The average molecular weight is 787 g/mol. The zero-order valence-electron chi connectivity index (χ0n) is 28.9. The van der Waals surface area contributed by atoms with Crippen LogP contribution < -0.4 is 0 Å². The summed E-state index contributed by atoms with van der Waals surface area (Å²) < 4.78 is 6.30. The van der Waals surface area contributed by atoms with Gasteiger partial charge in [0.05, 0.1) is 12.0 Å². The number of carbonyl (C=O) groups is 1. The maximum Gasteiger partial charge on any atom is 0.162 e. The van der Waals surface area contributed by atoms with E-state index in [9.17, 15) is 9.90 Å². The van der Waals surface area contributed by atoms with E-state index in [1.807, 2.05) is 33.9 Å². The van der Waals surface area contributed by atoms with E-state index in [0.717, 1.165) is 59.2 Å². The van der Waals surface area contributed by atoms with Gasteiger partial charge in [-0.15, -0.1) is 34.9 Å². The maximum absolute atomic E-state index is 11.7. The third-order valence-corrected chi connectivity index (χ3v) is 8.53. The number of carbonyl (C=O) groups excluding carboxylic acids is 1. The Labute approximate surface area is 285 Å². The molecule has 2 aromatic carbocycles. The van der Waals surface area contributed by atoms with E-state index >= 15 is 0 Å². The third kappa shape index (κ3) is 9.74. The number of hydrogen-bond acceptors (Lipinski definition) is 4. The van der Waals surface area contributed by atoms with Crippen LogP contribution in [-0.4, -0.2) is 15.9 Å². The molecular formula is C40H52IrNO3-. The van der Waals surface area contributed by atoms with Gasteiger partial charge in [0.25, 0.3) is 0 Å². The summed E-state index contributed by atoms with van der Waals surface area (Å²) in [6.07, 6.45) is 6.75. The van der Waals surface area contributed by atoms with Crippen molar-refractivity contribution in [2.24, 2.45) is 11.8 Å². The minimum atomic E-state index is 0. The fourth-order valence-corrected chi connectivity index (χ4v) is 5.86. The molecule has 0 bridgehead atoms. The van der Waals surface area contributed by atoms with Crippen molar-refractivity contribution in [2.45, 2.75) is 107 Å². The number of aliphatic hydroxyl groups excluding tert-OH is 1. The number of hydrogen-bond donors (Lipinski definition) is 1. The normalized spacial score (nSPS) is 11.7. The molecule has 0 aliphatic carbocycles. The van der Waals surface area contributed by atoms with Crippen molar-refractivity contribution in [3.63, 3.8) is 0 Å². The van der Waals surface area contributed by atoms with Crippen LogP contribution in [0.2, 0.25) is 0 Å². The number of furan rings is 1. The Kier molecular flexibility index (Phi) is 14.9. The Balaban J connectivity index is 0.000000378. The molecular weight excluding hydrogens is 735 g/mol. The molecule has 0 atom stereocenters. The Morgan fingerprint density at radius 3 is 1.98 bits per heavy atom. The molecule has 4 rings (SSSR count). The molecule has 0 saturated carbocycles. The number of ketones is 1. The first-order valence-electron chi connectivity index (χ1n) is 16.4. The fourth-order valence-electron chi connectivity index (χ4n) is 5.86. The molecule has 2 aromatic heterocycles. The standard InChI is InChI=1S/C27H28NO.C13H24O2.Ir/c1-16(2)22-8-7-9-23(17(3)4)27(22)25-14-21-13-24(28-15-26(21)29-25)20-11-18(5)10-19(6)12-20;1-5-10(6-2)12(14)9-13(15)11(7-3)8-4;/h7-11,13-17H,1-6H3;9-11,14H,5-8H2,1-4H3;/q-1;;/b;12-9-;. The van der Waals surface area contributed by atoms with Gasteiger partial charge < -0.3 is 14.5 Å². The number of benzene rings is 2. The van der Waals surface area contributed by atoms with E-state index in [1.54, 1.807) is 0 Å². The second-order valence-electron chi connectivity index (χ2n) is 12.6. The van der Waals surface area contributed by atoms with Crippen molar-refractivity contribution in [2.75, 3.05) is 0 Å². The Morgan fingerprint density at radius 2 is 1.47 bits per heavy atom. The van der Waals surface area contributed by atoms with Gasteiger partial charge in [0, 0.05) is 49.0 Å². The van der Waals surface area contributed by atoms with Crippen molar-refractivity contribution in [3.05, 3.63) is 88.8 Å². The SMILES string of the molecule is CCC(CC)C(=O)/C=C(\O)C(CC)CC.Cc1[c-]c(-c2cc3cc(-c4c(C(C)C)cccc4C(C)C)oc3cn2)cc(C)c1.[Ir]. The molecule has 245 valence electrons. The average Bonchev–Trinajstić information content (AvgIpc) is 3.41. The van der Waals surface area contributed by atoms with Gasteiger partial charge >= 0.3 is 0 Å². The zero-order chi connectivity index (χ0) is 32.6. The molecule has 4 nitrogen and oxygen atoms in total. The zero-order valence-corrected chi connectivity index (χ0v) is 31.3. The van der Waals surface area contributed by atoms with Crippen molar-refractivity contribution in [1.82, 2.24) is 4.98 Å². The maximum atomic E-state index is 11.7. The van der Waals surface area contributed by atoms with Crippen LogP contribution in [0.3, 0.4) is 0 Å². The smallest absolute Gasteiger partial charge is 0.162 e. The number of allylic oxidation sites excluding steroid dienone is 2. The van der Waals surface area contributed by atoms with Crippen molar-refractivity contribution >= 4 is 16.8 Å². The van der Waals surface area contributed by atoms with Crippen molar-refractivity contribution in [3.8, 4) is 22.6 Å². The fraction of sp³-hybridized carbons (Fsp3) is 0.450. The summed E-state index contributed by atoms with van der Waals surface area (Å²) in [7, 11) is 0. The summed E-state index contributed by atoms with van der Waals surface area (Å²) in [4.78, 5) is 16.4. The second-order valence-corrected chi connectivity index (χ2v) is 12.6. The van der Waals surface area contributed by atoms with E-state index in [2.05, 4.69) is 95.1 Å². The van der Waals surface area contributed by atoms with Crippen LogP contribution in [-0.2, 0) is 24.9 Å². The van der Waals surface area contributed by atoms with Gasteiger partial charge in [0.15, 0.2) is 11.4 Å². The summed E-state index contributed by atoms with van der Waals surface area (Å²) in [6, 6.07) is 18.6. The van der Waals surface area contributed by atoms with Gasteiger partial charge in [-0.1, -0.05) is 93.5 Å². The van der Waals surface area contributed by atoms with E-state index < -0.39 is 0 Å². The number of aliphatic hydroxyl groups is 1. The molecule has 2 heterocycles. The summed E-state index contributed by atoms with van der Waals surface area (Å²) in [5.41, 5.74) is 9.00. The van der Waals surface area contributed by atoms with Crippen LogP contribution in [0.4, 0.5) is 0 Å². The molecule has 45 heavy (non-hydrogen) atoms. The van der Waals surface area contributed by atoms with Gasteiger partial charge in [-0.2, -0.15) is 0 Å². The second kappa shape index (κ2) is 17.6. The summed E-state index contributed by atoms with van der Waals surface area (Å²) in [5, 5.41) is 10.8. The van der Waals surface area contributed by atoms with Crippen LogP contribution in [0.25, 0.3) is 33.6 Å². The first-order chi connectivity index (χ1) is 20.9. The van der Waals surface area contributed by atoms with E-state index in [4.69, 9.17) is 4.42 Å². The summed E-state index contributed by atoms with van der Waals surface area (Å²) in [5.74, 6) is 2.33. The first kappa shape index (κ1) is 38.2. The summed E-state index contributed by atoms with van der Waals surface area (Å²) in [6.45, 7) is 21.2. The molecule has 0 aliphatic rings. The predicted octanol–water partition coefficient (Wildman–Crippen LogP) is 11.7. The molecule has 0 fully saturated rings.